The summed E-state index contributed by atoms with van der Waals surface area (Å²) in [5, 5.41) is 4.10. The van der Waals surface area contributed by atoms with Crippen molar-refractivity contribution < 1.29 is 4.79 Å². The summed E-state index contributed by atoms with van der Waals surface area (Å²) >= 11 is 7.66. The average molecular weight is 426 g/mol. The standard InChI is InChI=1S/C22H20ClN3O2S/c1-13-7-3-5-9-15(13)16-11-18(27)24-20-19(16)21(28)25-22(26(20)2)29-12-14-8-4-6-10-17(14)23/h3-10,16H,11-12H2,1-2H3,(H,24,27). The number of fused-ring (bicyclic) bond motifs is 1. The highest BCUT2D eigenvalue weighted by atomic mass is 35.5. The van der Waals surface area contributed by atoms with E-state index in [1.165, 1.54) is 11.8 Å². The van der Waals surface area contributed by atoms with Gasteiger partial charge >= 0.3 is 0 Å². The van der Waals surface area contributed by atoms with Crippen LogP contribution in [0.4, 0.5) is 5.82 Å². The molecule has 1 aliphatic heterocycles. The molecule has 1 N–H and O–H groups in total. The second kappa shape index (κ2) is 8.05. The van der Waals surface area contributed by atoms with E-state index in [2.05, 4.69) is 10.3 Å². The number of carbonyl (C=O) groups is 1. The molecule has 1 unspecified atom stereocenters. The van der Waals surface area contributed by atoms with Crippen LogP contribution in [0.2, 0.25) is 5.02 Å². The number of aromatic nitrogens is 2. The van der Waals surface area contributed by atoms with Gasteiger partial charge in [-0.25, -0.2) is 0 Å². The topological polar surface area (TPSA) is 64.0 Å². The van der Waals surface area contributed by atoms with Gasteiger partial charge in [-0.3, -0.25) is 9.59 Å². The smallest absolute Gasteiger partial charge is 0.279 e. The number of anilines is 1. The van der Waals surface area contributed by atoms with Crippen LogP contribution in [-0.4, -0.2) is 15.5 Å². The fraction of sp³-hybridized carbons (Fsp3) is 0.227. The number of benzene rings is 2. The first kappa shape index (κ1) is 19.7. The van der Waals surface area contributed by atoms with Crippen molar-refractivity contribution in [3.63, 3.8) is 0 Å². The van der Waals surface area contributed by atoms with Crippen LogP contribution in [0.1, 0.15) is 34.6 Å². The Labute approximate surface area is 178 Å². The minimum Gasteiger partial charge on any atom is -0.312 e. The van der Waals surface area contributed by atoms with Crippen molar-refractivity contribution in [3.05, 3.63) is 86.2 Å². The van der Waals surface area contributed by atoms with Crippen LogP contribution < -0.4 is 10.9 Å². The highest BCUT2D eigenvalue weighted by Gasteiger charge is 2.32. The SMILES string of the molecule is Cc1ccccc1C1CC(=O)Nc2c1c(=O)nc(SCc1ccccc1Cl)n2C. The van der Waals surface area contributed by atoms with Crippen molar-refractivity contribution in [1.82, 2.24) is 9.55 Å². The number of amides is 1. The molecule has 0 bridgehead atoms. The van der Waals surface area contributed by atoms with Crippen LogP contribution in [0, 0.1) is 6.92 Å². The highest BCUT2D eigenvalue weighted by Crippen LogP contribution is 2.37. The fourth-order valence-electron chi connectivity index (χ4n) is 3.67. The summed E-state index contributed by atoms with van der Waals surface area (Å²) in [6.07, 6.45) is 0.237. The minimum absolute atomic E-state index is 0.103. The predicted octanol–water partition coefficient (Wildman–Crippen LogP) is 4.51. The molecular formula is C22H20ClN3O2S. The van der Waals surface area contributed by atoms with Crippen molar-refractivity contribution in [2.75, 3.05) is 5.32 Å². The molecule has 0 aliphatic carbocycles. The van der Waals surface area contributed by atoms with Gasteiger partial charge in [-0.05, 0) is 29.7 Å². The quantitative estimate of drug-likeness (QED) is 0.493. The maximum absolute atomic E-state index is 13.0. The number of halogens is 1. The first-order valence-electron chi connectivity index (χ1n) is 9.28. The van der Waals surface area contributed by atoms with Gasteiger partial charge in [0.05, 0.1) is 5.56 Å². The van der Waals surface area contributed by atoms with Crippen LogP contribution in [0.15, 0.2) is 58.5 Å². The molecule has 7 heteroatoms. The number of rotatable bonds is 4. The van der Waals surface area contributed by atoms with Crippen molar-refractivity contribution in [2.24, 2.45) is 7.05 Å². The van der Waals surface area contributed by atoms with E-state index in [9.17, 15) is 9.59 Å². The van der Waals surface area contributed by atoms with Crippen molar-refractivity contribution in [1.29, 1.82) is 0 Å². The molecule has 1 aliphatic rings. The first-order valence-corrected chi connectivity index (χ1v) is 10.6. The van der Waals surface area contributed by atoms with E-state index >= 15 is 0 Å². The number of nitrogens with zero attached hydrogens (tertiary/aromatic N) is 2. The summed E-state index contributed by atoms with van der Waals surface area (Å²) in [5.41, 5.74) is 3.25. The summed E-state index contributed by atoms with van der Waals surface area (Å²) in [5.74, 6) is 0.701. The zero-order chi connectivity index (χ0) is 20.5. The van der Waals surface area contributed by atoms with Crippen LogP contribution in [0.3, 0.4) is 0 Å². The third-order valence-electron chi connectivity index (χ3n) is 5.18. The average Bonchev–Trinajstić information content (AvgIpc) is 2.70. The lowest BCUT2D eigenvalue weighted by Gasteiger charge is -2.28. The van der Waals surface area contributed by atoms with E-state index in [4.69, 9.17) is 11.6 Å². The van der Waals surface area contributed by atoms with Gasteiger partial charge in [-0.15, -0.1) is 0 Å². The van der Waals surface area contributed by atoms with E-state index in [1.54, 1.807) is 4.57 Å². The molecule has 1 aromatic heterocycles. The third kappa shape index (κ3) is 3.82. The lowest BCUT2D eigenvalue weighted by atomic mass is 9.84. The number of carbonyl (C=O) groups excluding carboxylic acids is 1. The molecule has 2 heterocycles. The molecule has 3 aromatic rings. The fourth-order valence-corrected chi connectivity index (χ4v) is 4.92. The molecule has 0 spiro atoms. The second-order valence-electron chi connectivity index (χ2n) is 7.06. The Balaban J connectivity index is 1.75. The van der Waals surface area contributed by atoms with Gasteiger partial charge in [0.2, 0.25) is 5.91 Å². The largest absolute Gasteiger partial charge is 0.312 e. The molecule has 0 fully saturated rings. The summed E-state index contributed by atoms with van der Waals surface area (Å²) in [6, 6.07) is 15.4. The van der Waals surface area contributed by atoms with Crippen LogP contribution in [-0.2, 0) is 17.6 Å². The van der Waals surface area contributed by atoms with Crippen LogP contribution in [0.25, 0.3) is 0 Å². The van der Waals surface area contributed by atoms with Gasteiger partial charge in [0.15, 0.2) is 5.16 Å². The maximum Gasteiger partial charge on any atom is 0.279 e. The van der Waals surface area contributed by atoms with Crippen molar-refractivity contribution >= 4 is 35.1 Å². The van der Waals surface area contributed by atoms with Crippen molar-refractivity contribution in [3.8, 4) is 0 Å². The second-order valence-corrected chi connectivity index (χ2v) is 8.41. The molecule has 0 radical (unpaired) electrons. The Kier molecular flexibility index (Phi) is 5.48. The molecular weight excluding hydrogens is 406 g/mol. The van der Waals surface area contributed by atoms with Gasteiger partial charge < -0.3 is 9.88 Å². The monoisotopic (exact) mass is 425 g/mol. The molecule has 29 heavy (non-hydrogen) atoms. The first-order chi connectivity index (χ1) is 14.0. The Hall–Kier alpha value is -2.57. The zero-order valence-corrected chi connectivity index (χ0v) is 17.7. The summed E-state index contributed by atoms with van der Waals surface area (Å²) in [7, 11) is 1.82. The number of hydrogen-bond donors (Lipinski definition) is 1. The molecule has 1 atom stereocenters. The highest BCUT2D eigenvalue weighted by molar-refractivity contribution is 7.98. The Bertz CT molecular complexity index is 1160. The van der Waals surface area contributed by atoms with E-state index in [0.717, 1.165) is 16.7 Å². The Morgan fingerprint density at radius 1 is 1.17 bits per heavy atom. The number of nitrogens with one attached hydrogen (secondary N) is 1. The van der Waals surface area contributed by atoms with E-state index in [0.29, 0.717) is 27.3 Å². The number of hydrogen-bond acceptors (Lipinski definition) is 4. The van der Waals surface area contributed by atoms with E-state index < -0.39 is 0 Å². The van der Waals surface area contributed by atoms with Gasteiger partial charge in [-0.1, -0.05) is 65.8 Å². The molecule has 1 amide bonds. The Morgan fingerprint density at radius 2 is 1.90 bits per heavy atom. The van der Waals surface area contributed by atoms with Gasteiger partial charge in [0.25, 0.3) is 5.56 Å². The molecule has 2 aromatic carbocycles. The molecule has 5 nitrogen and oxygen atoms in total. The lowest BCUT2D eigenvalue weighted by Crippen LogP contribution is -2.33. The summed E-state index contributed by atoms with van der Waals surface area (Å²) < 4.78 is 1.79. The maximum atomic E-state index is 13.0. The third-order valence-corrected chi connectivity index (χ3v) is 6.63. The van der Waals surface area contributed by atoms with Crippen LogP contribution in [0.5, 0.6) is 0 Å². The Morgan fingerprint density at radius 3 is 2.66 bits per heavy atom. The lowest BCUT2D eigenvalue weighted by molar-refractivity contribution is -0.116. The van der Waals surface area contributed by atoms with Crippen molar-refractivity contribution in [2.45, 2.75) is 30.2 Å². The van der Waals surface area contributed by atoms with Crippen LogP contribution >= 0.6 is 23.4 Å². The molecule has 4 rings (SSSR count). The van der Waals surface area contributed by atoms with E-state index in [1.807, 2.05) is 62.5 Å². The van der Waals surface area contributed by atoms with Gasteiger partial charge in [0.1, 0.15) is 5.82 Å². The van der Waals surface area contributed by atoms with Gasteiger partial charge in [-0.2, -0.15) is 4.98 Å². The summed E-state index contributed by atoms with van der Waals surface area (Å²) in [4.78, 5) is 29.8. The number of thioether (sulfide) groups is 1. The zero-order valence-electron chi connectivity index (χ0n) is 16.1. The number of aryl methyl sites for hydroxylation is 1. The molecule has 0 saturated carbocycles. The summed E-state index contributed by atoms with van der Waals surface area (Å²) in [6.45, 7) is 1.99. The minimum atomic E-state index is -0.298. The normalized spacial score (nSPS) is 15.7. The van der Waals surface area contributed by atoms with Gasteiger partial charge in [0, 0.05) is 30.2 Å². The molecule has 148 valence electrons. The molecule has 0 saturated heterocycles. The van der Waals surface area contributed by atoms with E-state index in [-0.39, 0.29) is 23.8 Å². The predicted molar refractivity (Wildman–Crippen MR) is 117 cm³/mol.